The lowest BCUT2D eigenvalue weighted by molar-refractivity contribution is 0.261. The van der Waals surface area contributed by atoms with Gasteiger partial charge in [-0.1, -0.05) is 23.4 Å². The molecule has 0 N–H and O–H groups in total. The Kier molecular flexibility index (Phi) is 9.83. The molecule has 0 spiro atoms. The molecule has 0 aliphatic heterocycles. The highest BCUT2D eigenvalue weighted by Gasteiger charge is 2.09. The van der Waals surface area contributed by atoms with Gasteiger partial charge in [-0.15, -0.1) is 24.2 Å². The molecule has 1 heterocycles. The maximum Gasteiger partial charge on any atom is 0.236 e. The number of hydrogen-bond acceptors (Lipinski definition) is 7. The molecule has 0 fully saturated rings. The Bertz CT molecular complexity index is 829. The molecule has 0 unspecified atom stereocenters. The van der Waals surface area contributed by atoms with Gasteiger partial charge in [-0.3, -0.25) is 0 Å². The van der Waals surface area contributed by atoms with E-state index in [2.05, 4.69) is 15.0 Å². The van der Waals surface area contributed by atoms with Gasteiger partial charge in [-0.05, 0) is 50.5 Å². The largest absolute Gasteiger partial charge is 0.493 e. The third kappa shape index (κ3) is 7.97. The molecule has 0 aliphatic carbocycles. The predicted octanol–water partition coefficient (Wildman–Crippen LogP) is 4.41. The lowest BCUT2D eigenvalue weighted by atomic mass is 10.2. The zero-order valence-corrected chi connectivity index (χ0v) is 18.2. The Morgan fingerprint density at radius 1 is 0.931 bits per heavy atom. The van der Waals surface area contributed by atoms with Crippen LogP contribution in [-0.2, 0) is 5.75 Å². The highest BCUT2D eigenvalue weighted by molar-refractivity contribution is 7.98. The number of para-hydroxylation sites is 1. The second kappa shape index (κ2) is 12.4. The first-order chi connectivity index (χ1) is 13.7. The van der Waals surface area contributed by atoms with Crippen molar-refractivity contribution in [1.29, 1.82) is 0 Å². The van der Waals surface area contributed by atoms with Crippen molar-refractivity contribution in [2.75, 3.05) is 39.6 Å². The summed E-state index contributed by atoms with van der Waals surface area (Å²) in [5.41, 5.74) is 0.910. The molecule has 0 saturated heterocycles. The van der Waals surface area contributed by atoms with Crippen LogP contribution in [0.25, 0.3) is 11.4 Å². The van der Waals surface area contributed by atoms with E-state index in [0.717, 1.165) is 29.4 Å². The Balaban J connectivity index is 0.00000300. The summed E-state index contributed by atoms with van der Waals surface area (Å²) in [4.78, 5) is 6.55. The molecule has 6 nitrogen and oxygen atoms in total. The molecule has 0 amide bonds. The molecule has 8 heteroatoms. The molecule has 0 bridgehead atoms. The molecular formula is C21H26ClN3O3S. The number of rotatable bonds is 11. The number of likely N-dealkylation sites (N-methyl/N-ethyl adjacent to an activating group) is 1. The molecule has 156 valence electrons. The van der Waals surface area contributed by atoms with Crippen LogP contribution >= 0.6 is 24.2 Å². The van der Waals surface area contributed by atoms with E-state index < -0.39 is 0 Å². The van der Waals surface area contributed by atoms with E-state index in [9.17, 15) is 0 Å². The third-order valence-corrected chi connectivity index (χ3v) is 4.76. The van der Waals surface area contributed by atoms with Gasteiger partial charge in [0.2, 0.25) is 11.7 Å². The van der Waals surface area contributed by atoms with Crippen molar-refractivity contribution in [2.45, 2.75) is 5.75 Å². The number of aromatic nitrogens is 2. The van der Waals surface area contributed by atoms with Crippen molar-refractivity contribution in [2.24, 2.45) is 0 Å². The summed E-state index contributed by atoms with van der Waals surface area (Å²) < 4.78 is 16.7. The Labute approximate surface area is 182 Å². The van der Waals surface area contributed by atoms with Gasteiger partial charge in [-0.25, -0.2) is 0 Å². The van der Waals surface area contributed by atoms with Crippen LogP contribution in [0, 0.1) is 0 Å². The quantitative estimate of drug-likeness (QED) is 0.413. The maximum absolute atomic E-state index is 5.70. The molecule has 3 aromatic rings. The van der Waals surface area contributed by atoms with E-state index in [-0.39, 0.29) is 12.4 Å². The van der Waals surface area contributed by atoms with Gasteiger partial charge in [0.1, 0.15) is 18.1 Å². The highest BCUT2D eigenvalue weighted by atomic mass is 35.5. The smallest absolute Gasteiger partial charge is 0.236 e. The number of benzene rings is 2. The fraction of sp³-hybridized carbons (Fsp3) is 0.333. The number of ether oxygens (including phenoxy) is 2. The minimum atomic E-state index is 0. The predicted molar refractivity (Wildman–Crippen MR) is 119 cm³/mol. The van der Waals surface area contributed by atoms with Crippen molar-refractivity contribution in [3.05, 3.63) is 60.5 Å². The first kappa shape index (κ1) is 23.1. The van der Waals surface area contributed by atoms with E-state index in [4.69, 9.17) is 14.0 Å². The molecule has 2 aromatic carbocycles. The average molecular weight is 436 g/mol. The van der Waals surface area contributed by atoms with Gasteiger partial charge >= 0.3 is 0 Å². The van der Waals surface area contributed by atoms with Crippen molar-refractivity contribution < 1.29 is 14.0 Å². The number of thioether (sulfide) groups is 1. The summed E-state index contributed by atoms with van der Waals surface area (Å²) in [6, 6.07) is 17.5. The van der Waals surface area contributed by atoms with E-state index in [1.54, 1.807) is 11.8 Å². The van der Waals surface area contributed by atoms with E-state index in [1.807, 2.05) is 68.7 Å². The van der Waals surface area contributed by atoms with Crippen molar-refractivity contribution >= 4 is 24.2 Å². The van der Waals surface area contributed by atoms with Gasteiger partial charge < -0.3 is 18.9 Å². The standard InChI is InChI=1S/C21H25N3O3S.ClH/c1-24(2)12-13-25-19-10-8-17(9-11-19)21-22-20(27-23-21)16-28-15-14-26-18-6-4-3-5-7-18;/h3-11H,12-16H2,1-2H3;1H. The van der Waals surface area contributed by atoms with Gasteiger partial charge in [-0.2, -0.15) is 4.98 Å². The van der Waals surface area contributed by atoms with Crippen molar-refractivity contribution in [1.82, 2.24) is 15.0 Å². The number of nitrogens with zero attached hydrogens (tertiary/aromatic N) is 3. The Morgan fingerprint density at radius 2 is 1.62 bits per heavy atom. The lowest BCUT2D eigenvalue weighted by Gasteiger charge is -2.10. The molecule has 3 rings (SSSR count). The van der Waals surface area contributed by atoms with Gasteiger partial charge in [0, 0.05) is 17.9 Å². The van der Waals surface area contributed by atoms with Crippen LogP contribution in [0.1, 0.15) is 5.89 Å². The van der Waals surface area contributed by atoms with Gasteiger partial charge in [0.05, 0.1) is 12.4 Å². The fourth-order valence-corrected chi connectivity index (χ4v) is 3.01. The van der Waals surface area contributed by atoms with Gasteiger partial charge in [0.25, 0.3) is 0 Å². The second-order valence-corrected chi connectivity index (χ2v) is 7.51. The van der Waals surface area contributed by atoms with Crippen LogP contribution in [0.4, 0.5) is 0 Å². The summed E-state index contributed by atoms with van der Waals surface area (Å²) >= 11 is 1.70. The molecule has 0 saturated carbocycles. The van der Waals surface area contributed by atoms with Crippen LogP contribution in [0.5, 0.6) is 11.5 Å². The zero-order chi connectivity index (χ0) is 19.6. The summed E-state index contributed by atoms with van der Waals surface area (Å²) in [7, 11) is 4.05. The minimum absolute atomic E-state index is 0. The van der Waals surface area contributed by atoms with Crippen LogP contribution in [-0.4, -0.2) is 54.6 Å². The number of hydrogen-bond donors (Lipinski definition) is 0. The Hall–Kier alpha value is -2.22. The zero-order valence-electron chi connectivity index (χ0n) is 16.6. The highest BCUT2D eigenvalue weighted by Crippen LogP contribution is 2.21. The molecule has 29 heavy (non-hydrogen) atoms. The summed E-state index contributed by atoms with van der Waals surface area (Å²) in [5.74, 6) is 4.45. The van der Waals surface area contributed by atoms with E-state index >= 15 is 0 Å². The lowest BCUT2D eigenvalue weighted by Crippen LogP contribution is -2.19. The third-order valence-electron chi connectivity index (χ3n) is 3.85. The first-order valence-electron chi connectivity index (χ1n) is 9.17. The van der Waals surface area contributed by atoms with E-state index in [0.29, 0.717) is 30.7 Å². The molecular weight excluding hydrogens is 410 g/mol. The molecule has 0 radical (unpaired) electrons. The van der Waals surface area contributed by atoms with Crippen LogP contribution < -0.4 is 9.47 Å². The topological polar surface area (TPSA) is 60.6 Å². The molecule has 1 aromatic heterocycles. The van der Waals surface area contributed by atoms with Crippen molar-refractivity contribution in [3.63, 3.8) is 0 Å². The number of halogens is 1. The average Bonchev–Trinajstić information content (AvgIpc) is 3.18. The maximum atomic E-state index is 5.70. The first-order valence-corrected chi connectivity index (χ1v) is 10.3. The van der Waals surface area contributed by atoms with Gasteiger partial charge in [0.15, 0.2) is 0 Å². The van der Waals surface area contributed by atoms with Crippen LogP contribution in [0.3, 0.4) is 0 Å². The molecule has 0 atom stereocenters. The second-order valence-electron chi connectivity index (χ2n) is 6.40. The van der Waals surface area contributed by atoms with E-state index in [1.165, 1.54) is 0 Å². The van der Waals surface area contributed by atoms with Crippen LogP contribution in [0.15, 0.2) is 59.1 Å². The Morgan fingerprint density at radius 3 is 2.34 bits per heavy atom. The monoisotopic (exact) mass is 435 g/mol. The summed E-state index contributed by atoms with van der Waals surface area (Å²) in [5, 5.41) is 4.07. The fourth-order valence-electron chi connectivity index (χ4n) is 2.37. The summed E-state index contributed by atoms with van der Waals surface area (Å²) in [6.07, 6.45) is 0. The SMILES string of the molecule is CN(C)CCOc1ccc(-c2noc(CSCCOc3ccccc3)n2)cc1.Cl. The summed E-state index contributed by atoms with van der Waals surface area (Å²) in [6.45, 7) is 2.18. The molecule has 0 aliphatic rings. The van der Waals surface area contributed by atoms with Crippen molar-refractivity contribution in [3.8, 4) is 22.9 Å². The minimum Gasteiger partial charge on any atom is -0.493 e. The normalized spacial score (nSPS) is 10.6. The van der Waals surface area contributed by atoms with Crippen LogP contribution in [0.2, 0.25) is 0 Å².